The number of anilines is 1. The number of sulfonamides is 1. The number of nitrogens with zero attached hydrogens (tertiary/aromatic N) is 3. The smallest absolute Gasteiger partial charge is 0.280 e. The van der Waals surface area contributed by atoms with Gasteiger partial charge in [0.1, 0.15) is 5.84 Å². The molecule has 2 N–H and O–H groups in total. The molecule has 0 aliphatic carbocycles. The van der Waals surface area contributed by atoms with E-state index < -0.39 is 15.9 Å². The molecule has 0 saturated heterocycles. The fourth-order valence-corrected chi connectivity index (χ4v) is 4.62. The van der Waals surface area contributed by atoms with Gasteiger partial charge in [-0.15, -0.1) is 0 Å². The third-order valence-electron chi connectivity index (χ3n) is 5.17. The summed E-state index contributed by atoms with van der Waals surface area (Å²) in [7, 11) is -2.36. The van der Waals surface area contributed by atoms with Crippen molar-refractivity contribution in [2.45, 2.75) is 30.6 Å². The zero-order valence-electron chi connectivity index (χ0n) is 18.2. The first-order valence-electron chi connectivity index (χ1n) is 10.6. The molecule has 0 spiro atoms. The number of ether oxygens (including phenoxy) is 1. The molecular formula is C23H25N5O4S. The molecule has 0 unspecified atom stereocenters. The van der Waals surface area contributed by atoms with E-state index in [1.807, 2.05) is 30.3 Å². The minimum Gasteiger partial charge on any atom is -0.493 e. The number of aliphatic imine (C=N–C) groups is 1. The molecule has 172 valence electrons. The number of amides is 1. The third-order valence-corrected chi connectivity index (χ3v) is 6.54. The first-order valence-corrected chi connectivity index (χ1v) is 12.1. The SMILES string of the molecule is COc1cn(-c2ccccc2)nc1C(=O)Nc1cccc(S(=O)(=O)NC2=NCCCCC2)c1. The summed E-state index contributed by atoms with van der Waals surface area (Å²) < 4.78 is 35.1. The van der Waals surface area contributed by atoms with Gasteiger partial charge in [-0.05, 0) is 43.2 Å². The van der Waals surface area contributed by atoms with Crippen LogP contribution in [-0.2, 0) is 10.0 Å². The highest BCUT2D eigenvalue weighted by atomic mass is 32.2. The number of carbonyl (C=O) groups excluding carboxylic acids is 1. The van der Waals surface area contributed by atoms with E-state index in [1.165, 1.54) is 19.2 Å². The maximum absolute atomic E-state index is 12.9. The molecule has 1 amide bonds. The van der Waals surface area contributed by atoms with Crippen LogP contribution in [0.3, 0.4) is 0 Å². The van der Waals surface area contributed by atoms with Crippen molar-refractivity contribution in [1.82, 2.24) is 14.5 Å². The molecule has 2 aromatic carbocycles. The molecule has 10 heteroatoms. The molecule has 9 nitrogen and oxygen atoms in total. The summed E-state index contributed by atoms with van der Waals surface area (Å²) in [5.41, 5.74) is 1.18. The maximum atomic E-state index is 12.9. The lowest BCUT2D eigenvalue weighted by atomic mass is 10.2. The molecule has 0 bridgehead atoms. The van der Waals surface area contributed by atoms with E-state index >= 15 is 0 Å². The highest BCUT2D eigenvalue weighted by Gasteiger charge is 2.21. The number of hydrogen-bond donors (Lipinski definition) is 2. The van der Waals surface area contributed by atoms with Gasteiger partial charge in [0.15, 0.2) is 11.4 Å². The molecule has 1 aliphatic rings. The summed E-state index contributed by atoms with van der Waals surface area (Å²) >= 11 is 0. The van der Waals surface area contributed by atoms with Gasteiger partial charge in [0.05, 0.1) is 23.9 Å². The summed E-state index contributed by atoms with van der Waals surface area (Å²) in [6.45, 7) is 0.616. The van der Waals surface area contributed by atoms with Crippen LogP contribution in [0.25, 0.3) is 5.69 Å². The third kappa shape index (κ3) is 5.40. The molecule has 4 rings (SSSR count). The predicted octanol–water partition coefficient (Wildman–Crippen LogP) is 3.38. The van der Waals surface area contributed by atoms with Gasteiger partial charge in [-0.3, -0.25) is 14.5 Å². The first kappa shape index (κ1) is 22.5. The first-order chi connectivity index (χ1) is 16.0. The van der Waals surface area contributed by atoms with E-state index in [2.05, 4.69) is 20.1 Å². The molecule has 1 aliphatic heterocycles. The van der Waals surface area contributed by atoms with Gasteiger partial charge in [-0.2, -0.15) is 5.10 Å². The Balaban J connectivity index is 1.53. The lowest BCUT2D eigenvalue weighted by molar-refractivity contribution is 0.101. The summed E-state index contributed by atoms with van der Waals surface area (Å²) in [6.07, 6.45) is 5.09. The number of hydrogen-bond acceptors (Lipinski definition) is 6. The largest absolute Gasteiger partial charge is 0.493 e. The average Bonchev–Trinajstić information content (AvgIpc) is 3.11. The van der Waals surface area contributed by atoms with Crippen LogP contribution in [0.5, 0.6) is 5.75 Å². The maximum Gasteiger partial charge on any atom is 0.280 e. The van der Waals surface area contributed by atoms with Crippen LogP contribution in [0.4, 0.5) is 5.69 Å². The van der Waals surface area contributed by atoms with E-state index in [0.717, 1.165) is 24.9 Å². The molecular weight excluding hydrogens is 442 g/mol. The Morgan fingerprint density at radius 3 is 2.67 bits per heavy atom. The van der Waals surface area contributed by atoms with Gasteiger partial charge in [0.25, 0.3) is 15.9 Å². The minimum atomic E-state index is -3.82. The Kier molecular flexibility index (Phi) is 6.74. The Morgan fingerprint density at radius 1 is 1.06 bits per heavy atom. The predicted molar refractivity (Wildman–Crippen MR) is 126 cm³/mol. The van der Waals surface area contributed by atoms with Crippen LogP contribution in [-0.4, -0.2) is 43.6 Å². The Morgan fingerprint density at radius 2 is 1.88 bits per heavy atom. The number of carbonyl (C=O) groups is 1. The van der Waals surface area contributed by atoms with Crippen molar-refractivity contribution in [1.29, 1.82) is 0 Å². The minimum absolute atomic E-state index is 0.0361. The van der Waals surface area contributed by atoms with Crippen LogP contribution in [0.2, 0.25) is 0 Å². The second-order valence-corrected chi connectivity index (χ2v) is 9.24. The van der Waals surface area contributed by atoms with Crippen molar-refractivity contribution < 1.29 is 17.9 Å². The standard InChI is InChI=1S/C23H25N5O4S/c1-32-20-16-28(18-10-4-2-5-11-18)26-22(20)23(29)25-17-9-8-12-19(15-17)33(30,31)27-21-13-6-3-7-14-24-21/h2,4-5,8-12,15-16H,3,6-7,13-14H2,1H3,(H,24,27)(H,25,29). The molecule has 2 heterocycles. The fraction of sp³-hybridized carbons (Fsp3) is 0.261. The number of benzene rings is 2. The van der Waals surface area contributed by atoms with Crippen LogP contribution in [0, 0.1) is 0 Å². The lowest BCUT2D eigenvalue weighted by Crippen LogP contribution is -2.30. The Hall–Kier alpha value is -3.66. The number of methoxy groups -OCH3 is 1. The van der Waals surface area contributed by atoms with Crippen LogP contribution in [0.1, 0.15) is 36.2 Å². The van der Waals surface area contributed by atoms with Gasteiger partial charge in [-0.25, -0.2) is 13.1 Å². The fourth-order valence-electron chi connectivity index (χ4n) is 3.48. The lowest BCUT2D eigenvalue weighted by Gasteiger charge is -2.11. The Labute approximate surface area is 192 Å². The van der Waals surface area contributed by atoms with Crippen LogP contribution >= 0.6 is 0 Å². The quantitative estimate of drug-likeness (QED) is 0.577. The van der Waals surface area contributed by atoms with Crippen molar-refractivity contribution in [3.05, 3.63) is 66.5 Å². The molecule has 33 heavy (non-hydrogen) atoms. The molecule has 0 saturated carbocycles. The summed E-state index contributed by atoms with van der Waals surface area (Å²) in [4.78, 5) is 17.3. The van der Waals surface area contributed by atoms with Gasteiger partial charge in [0, 0.05) is 18.7 Å². The van der Waals surface area contributed by atoms with E-state index in [9.17, 15) is 13.2 Å². The van der Waals surface area contributed by atoms with Crippen molar-refractivity contribution in [2.24, 2.45) is 4.99 Å². The topological polar surface area (TPSA) is 115 Å². The normalized spacial score (nSPS) is 14.2. The molecule has 3 aromatic rings. The molecule has 1 aromatic heterocycles. The highest BCUT2D eigenvalue weighted by Crippen LogP contribution is 2.22. The van der Waals surface area contributed by atoms with Crippen LogP contribution in [0.15, 0.2) is 70.7 Å². The van der Waals surface area contributed by atoms with Crippen molar-refractivity contribution in [3.63, 3.8) is 0 Å². The van der Waals surface area contributed by atoms with Gasteiger partial charge < -0.3 is 10.1 Å². The number of nitrogens with one attached hydrogen (secondary N) is 2. The summed E-state index contributed by atoms with van der Waals surface area (Å²) in [6, 6.07) is 15.4. The van der Waals surface area contributed by atoms with Gasteiger partial charge in [0.2, 0.25) is 0 Å². The van der Waals surface area contributed by atoms with E-state index in [0.29, 0.717) is 30.2 Å². The van der Waals surface area contributed by atoms with Crippen LogP contribution < -0.4 is 14.8 Å². The van der Waals surface area contributed by atoms with Crippen molar-refractivity contribution >= 4 is 27.5 Å². The number of amidine groups is 1. The van der Waals surface area contributed by atoms with E-state index in [-0.39, 0.29) is 10.6 Å². The number of para-hydroxylation sites is 1. The number of aromatic nitrogens is 2. The van der Waals surface area contributed by atoms with Gasteiger partial charge in [-0.1, -0.05) is 30.7 Å². The van der Waals surface area contributed by atoms with Gasteiger partial charge >= 0.3 is 0 Å². The average molecular weight is 468 g/mol. The highest BCUT2D eigenvalue weighted by molar-refractivity contribution is 7.90. The van der Waals surface area contributed by atoms with E-state index in [1.54, 1.807) is 23.0 Å². The summed E-state index contributed by atoms with van der Waals surface area (Å²) in [5, 5.41) is 7.04. The Bertz CT molecular complexity index is 1270. The molecule has 0 atom stereocenters. The molecule has 0 radical (unpaired) electrons. The monoisotopic (exact) mass is 467 g/mol. The second kappa shape index (κ2) is 9.86. The van der Waals surface area contributed by atoms with Crippen molar-refractivity contribution in [3.8, 4) is 11.4 Å². The summed E-state index contributed by atoms with van der Waals surface area (Å²) in [5.74, 6) is 0.253. The number of rotatable bonds is 6. The zero-order valence-corrected chi connectivity index (χ0v) is 19.0. The van der Waals surface area contributed by atoms with Crippen molar-refractivity contribution in [2.75, 3.05) is 19.0 Å². The zero-order chi connectivity index (χ0) is 23.3. The van der Waals surface area contributed by atoms with E-state index in [4.69, 9.17) is 4.74 Å². The molecule has 0 fully saturated rings. The second-order valence-electron chi connectivity index (χ2n) is 7.55.